The van der Waals surface area contributed by atoms with Crippen LogP contribution in [0.25, 0.3) is 22.4 Å². The van der Waals surface area contributed by atoms with E-state index in [9.17, 15) is 0 Å². The summed E-state index contributed by atoms with van der Waals surface area (Å²) in [5, 5.41) is 5.13. The van der Waals surface area contributed by atoms with Gasteiger partial charge in [0.1, 0.15) is 11.5 Å². The molecule has 1 aromatic carbocycles. The molecule has 0 aliphatic carbocycles. The molecule has 5 heteroatoms. The van der Waals surface area contributed by atoms with Crippen LogP contribution >= 0.6 is 11.6 Å². The minimum absolute atomic E-state index is 0.677. The first-order valence-corrected chi connectivity index (χ1v) is 7.92. The fourth-order valence-electron chi connectivity index (χ4n) is 2.42. The van der Waals surface area contributed by atoms with Gasteiger partial charge in [-0.1, -0.05) is 37.1 Å². The highest BCUT2D eigenvalue weighted by atomic mass is 35.5. The van der Waals surface area contributed by atoms with Gasteiger partial charge in [-0.3, -0.25) is 0 Å². The Bertz CT molecular complexity index is 794. The number of H-pyrrole nitrogens is 1. The third kappa shape index (κ3) is 3.07. The van der Waals surface area contributed by atoms with Gasteiger partial charge in [0.25, 0.3) is 0 Å². The molecule has 22 heavy (non-hydrogen) atoms. The molecule has 0 aliphatic rings. The Balaban J connectivity index is 2.07. The molecule has 0 saturated carbocycles. The zero-order valence-electron chi connectivity index (χ0n) is 12.8. The molecule has 2 heterocycles. The van der Waals surface area contributed by atoms with Gasteiger partial charge in [0.2, 0.25) is 0 Å². The van der Waals surface area contributed by atoms with Crippen LogP contribution in [0, 0.1) is 6.92 Å². The highest BCUT2D eigenvalue weighted by Crippen LogP contribution is 2.26. The molecule has 2 N–H and O–H groups in total. The van der Waals surface area contributed by atoms with Crippen LogP contribution in [-0.4, -0.2) is 21.5 Å². The topological polar surface area (TPSA) is 53.6 Å². The van der Waals surface area contributed by atoms with Crippen molar-refractivity contribution in [2.75, 3.05) is 11.9 Å². The predicted octanol–water partition coefficient (Wildman–Crippen LogP) is 4.80. The zero-order valence-corrected chi connectivity index (χ0v) is 13.5. The van der Waals surface area contributed by atoms with Gasteiger partial charge in [0.15, 0.2) is 5.82 Å². The van der Waals surface area contributed by atoms with Crippen LogP contribution in [0.15, 0.2) is 30.3 Å². The number of aryl methyl sites for hydroxylation is 1. The van der Waals surface area contributed by atoms with E-state index in [4.69, 9.17) is 16.6 Å². The van der Waals surface area contributed by atoms with E-state index in [0.29, 0.717) is 10.8 Å². The number of rotatable bonds is 5. The summed E-state index contributed by atoms with van der Waals surface area (Å²) in [6.07, 6.45) is 2.26. The summed E-state index contributed by atoms with van der Waals surface area (Å²) < 4.78 is 0. The van der Waals surface area contributed by atoms with E-state index < -0.39 is 0 Å². The SMILES string of the molecule is CCCCNc1nc(-c2cccc(Cl)c2)nc2[nH]c(C)cc12. The molecule has 0 amide bonds. The highest BCUT2D eigenvalue weighted by molar-refractivity contribution is 6.30. The molecule has 2 aromatic heterocycles. The average Bonchev–Trinajstić information content (AvgIpc) is 2.88. The van der Waals surface area contributed by atoms with Gasteiger partial charge >= 0.3 is 0 Å². The zero-order chi connectivity index (χ0) is 15.5. The van der Waals surface area contributed by atoms with Crippen molar-refractivity contribution in [3.63, 3.8) is 0 Å². The van der Waals surface area contributed by atoms with E-state index in [2.05, 4.69) is 28.3 Å². The molecule has 0 fully saturated rings. The maximum atomic E-state index is 6.08. The van der Waals surface area contributed by atoms with Crippen LogP contribution in [0.2, 0.25) is 5.02 Å². The Kier molecular flexibility index (Phi) is 4.29. The summed E-state index contributed by atoms with van der Waals surface area (Å²) in [6, 6.07) is 9.69. The van der Waals surface area contributed by atoms with Gasteiger partial charge in [-0.15, -0.1) is 0 Å². The van der Waals surface area contributed by atoms with Gasteiger partial charge in [-0.25, -0.2) is 9.97 Å². The minimum atomic E-state index is 0.677. The van der Waals surface area contributed by atoms with Crippen molar-refractivity contribution in [3.8, 4) is 11.4 Å². The van der Waals surface area contributed by atoms with Crippen LogP contribution in [0.5, 0.6) is 0 Å². The molecule has 0 radical (unpaired) electrons. The number of nitrogens with zero attached hydrogens (tertiary/aromatic N) is 2. The van der Waals surface area contributed by atoms with Crippen molar-refractivity contribution in [2.45, 2.75) is 26.7 Å². The second-order valence-electron chi connectivity index (χ2n) is 5.40. The maximum absolute atomic E-state index is 6.08. The second-order valence-corrected chi connectivity index (χ2v) is 5.84. The van der Waals surface area contributed by atoms with Gasteiger partial charge < -0.3 is 10.3 Å². The number of aromatic nitrogens is 3. The molecule has 3 aromatic rings. The number of aromatic amines is 1. The fourth-order valence-corrected chi connectivity index (χ4v) is 2.61. The molecule has 0 spiro atoms. The van der Waals surface area contributed by atoms with Gasteiger partial charge in [-0.2, -0.15) is 0 Å². The van der Waals surface area contributed by atoms with E-state index in [1.54, 1.807) is 0 Å². The first kappa shape index (κ1) is 14.9. The lowest BCUT2D eigenvalue weighted by Gasteiger charge is -2.08. The Morgan fingerprint density at radius 2 is 2.09 bits per heavy atom. The molecule has 0 aliphatic heterocycles. The lowest BCUT2D eigenvalue weighted by Crippen LogP contribution is -2.05. The molecule has 3 rings (SSSR count). The number of halogens is 1. The smallest absolute Gasteiger partial charge is 0.163 e. The molecule has 0 saturated heterocycles. The number of nitrogens with one attached hydrogen (secondary N) is 2. The van der Waals surface area contributed by atoms with Crippen molar-refractivity contribution >= 4 is 28.5 Å². The van der Waals surface area contributed by atoms with Crippen LogP contribution < -0.4 is 5.32 Å². The molecule has 4 nitrogen and oxygen atoms in total. The normalized spacial score (nSPS) is 11.0. The van der Waals surface area contributed by atoms with Crippen LogP contribution in [0.4, 0.5) is 5.82 Å². The number of hydrogen-bond donors (Lipinski definition) is 2. The number of hydrogen-bond acceptors (Lipinski definition) is 3. The first-order chi connectivity index (χ1) is 10.7. The lowest BCUT2D eigenvalue weighted by atomic mass is 10.2. The van der Waals surface area contributed by atoms with Crippen molar-refractivity contribution in [1.29, 1.82) is 0 Å². The summed E-state index contributed by atoms with van der Waals surface area (Å²) in [6.45, 7) is 5.10. The highest BCUT2D eigenvalue weighted by Gasteiger charge is 2.11. The van der Waals surface area contributed by atoms with Crippen molar-refractivity contribution in [1.82, 2.24) is 15.0 Å². The maximum Gasteiger partial charge on any atom is 0.163 e. The third-order valence-corrected chi connectivity index (χ3v) is 3.76. The number of benzene rings is 1. The Hall–Kier alpha value is -2.07. The molecular formula is C17H19ClN4. The second kappa shape index (κ2) is 6.36. The summed E-state index contributed by atoms with van der Waals surface area (Å²) >= 11 is 6.08. The Morgan fingerprint density at radius 3 is 2.86 bits per heavy atom. The molecular weight excluding hydrogens is 296 g/mol. The van der Waals surface area contributed by atoms with E-state index in [0.717, 1.165) is 47.5 Å². The van der Waals surface area contributed by atoms with Gasteiger partial charge in [0.05, 0.1) is 5.39 Å². The first-order valence-electron chi connectivity index (χ1n) is 7.54. The Labute approximate surface area is 134 Å². The fraction of sp³-hybridized carbons (Fsp3) is 0.294. The number of anilines is 1. The largest absolute Gasteiger partial charge is 0.369 e. The van der Waals surface area contributed by atoms with E-state index >= 15 is 0 Å². The molecule has 0 bridgehead atoms. The quantitative estimate of drug-likeness (QED) is 0.665. The summed E-state index contributed by atoms with van der Waals surface area (Å²) in [5.74, 6) is 1.55. The van der Waals surface area contributed by atoms with Crippen molar-refractivity contribution < 1.29 is 0 Å². The predicted molar refractivity (Wildman–Crippen MR) is 92.5 cm³/mol. The monoisotopic (exact) mass is 314 g/mol. The number of unbranched alkanes of at least 4 members (excludes halogenated alkanes) is 1. The summed E-state index contributed by atoms with van der Waals surface area (Å²) in [4.78, 5) is 12.6. The van der Waals surface area contributed by atoms with Crippen LogP contribution in [-0.2, 0) is 0 Å². The van der Waals surface area contributed by atoms with Crippen LogP contribution in [0.3, 0.4) is 0 Å². The summed E-state index contributed by atoms with van der Waals surface area (Å²) in [5.41, 5.74) is 2.84. The van der Waals surface area contributed by atoms with Crippen molar-refractivity contribution in [3.05, 3.63) is 41.0 Å². The van der Waals surface area contributed by atoms with Gasteiger partial charge in [-0.05, 0) is 31.5 Å². The van der Waals surface area contributed by atoms with Crippen LogP contribution in [0.1, 0.15) is 25.5 Å². The van der Waals surface area contributed by atoms with Gasteiger partial charge in [0, 0.05) is 22.8 Å². The molecule has 0 atom stereocenters. The standard InChI is InChI=1S/C17H19ClN4/c1-3-4-8-19-16-14-9-11(2)20-17(14)22-15(21-16)12-6-5-7-13(18)10-12/h5-7,9-10H,3-4,8H2,1-2H3,(H2,19,20,21,22). The average molecular weight is 315 g/mol. The number of fused-ring (bicyclic) bond motifs is 1. The van der Waals surface area contributed by atoms with Crippen molar-refractivity contribution in [2.24, 2.45) is 0 Å². The molecule has 114 valence electrons. The third-order valence-electron chi connectivity index (χ3n) is 3.53. The van der Waals surface area contributed by atoms with E-state index in [1.807, 2.05) is 31.2 Å². The summed E-state index contributed by atoms with van der Waals surface area (Å²) in [7, 11) is 0. The Morgan fingerprint density at radius 1 is 1.23 bits per heavy atom. The molecule has 0 unspecified atom stereocenters. The van der Waals surface area contributed by atoms with E-state index in [-0.39, 0.29) is 0 Å². The lowest BCUT2D eigenvalue weighted by molar-refractivity contribution is 0.832. The van der Waals surface area contributed by atoms with E-state index in [1.165, 1.54) is 0 Å². The minimum Gasteiger partial charge on any atom is -0.369 e.